The van der Waals surface area contributed by atoms with Crippen molar-refractivity contribution in [3.8, 4) is 0 Å². The summed E-state index contributed by atoms with van der Waals surface area (Å²) in [5, 5.41) is 3.37. The molecule has 1 fully saturated rings. The van der Waals surface area contributed by atoms with E-state index in [0.717, 1.165) is 38.2 Å². The summed E-state index contributed by atoms with van der Waals surface area (Å²) >= 11 is 0. The lowest BCUT2D eigenvalue weighted by Gasteiger charge is -2.25. The van der Waals surface area contributed by atoms with E-state index in [4.69, 9.17) is 0 Å². The number of benzene rings is 1. The Labute approximate surface area is 95.4 Å². The van der Waals surface area contributed by atoms with Crippen LogP contribution in [0.15, 0.2) is 18.2 Å². The van der Waals surface area contributed by atoms with E-state index in [9.17, 15) is 4.79 Å². The highest BCUT2D eigenvalue weighted by molar-refractivity contribution is 5.96. The molecule has 0 spiro atoms. The molecule has 1 amide bonds. The van der Waals surface area contributed by atoms with Crippen LogP contribution in [-0.2, 0) is 17.8 Å². The number of nitrogens with zero attached hydrogens (tertiary/aromatic N) is 1. The molecule has 0 aromatic heterocycles. The molecule has 84 valence electrons. The van der Waals surface area contributed by atoms with Gasteiger partial charge in [-0.2, -0.15) is 0 Å². The molecule has 3 rings (SSSR count). The van der Waals surface area contributed by atoms with Crippen molar-refractivity contribution < 1.29 is 4.79 Å². The lowest BCUT2D eigenvalue weighted by molar-refractivity contribution is -0.117. The molecule has 3 nitrogen and oxygen atoms in total. The first kappa shape index (κ1) is 9.85. The number of hydrogen-bond donors (Lipinski definition) is 1. The van der Waals surface area contributed by atoms with Gasteiger partial charge in [0, 0.05) is 25.2 Å². The third-order valence-corrected chi connectivity index (χ3v) is 3.48. The summed E-state index contributed by atoms with van der Waals surface area (Å²) in [6, 6.07) is 6.31. The predicted octanol–water partition coefficient (Wildman–Crippen LogP) is 1.46. The van der Waals surface area contributed by atoms with Crippen LogP contribution in [0.5, 0.6) is 0 Å². The fraction of sp³-hybridized carbons (Fsp3) is 0.462. The predicted molar refractivity (Wildman–Crippen MR) is 63.4 cm³/mol. The van der Waals surface area contributed by atoms with Gasteiger partial charge in [-0.25, -0.2) is 0 Å². The van der Waals surface area contributed by atoms with Crippen molar-refractivity contribution >= 4 is 11.6 Å². The van der Waals surface area contributed by atoms with Crippen molar-refractivity contribution in [1.29, 1.82) is 0 Å². The molecule has 0 radical (unpaired) electrons. The second-order valence-electron chi connectivity index (χ2n) is 4.49. The molecule has 2 aliphatic rings. The number of amides is 1. The number of nitrogens with one attached hydrogen (secondary N) is 1. The van der Waals surface area contributed by atoms with E-state index in [0.29, 0.717) is 6.42 Å². The summed E-state index contributed by atoms with van der Waals surface area (Å²) in [4.78, 5) is 13.7. The zero-order chi connectivity index (χ0) is 11.0. The van der Waals surface area contributed by atoms with Gasteiger partial charge < -0.3 is 10.2 Å². The van der Waals surface area contributed by atoms with Gasteiger partial charge in [0.2, 0.25) is 5.91 Å². The van der Waals surface area contributed by atoms with Gasteiger partial charge >= 0.3 is 0 Å². The van der Waals surface area contributed by atoms with Crippen molar-refractivity contribution in [2.75, 3.05) is 18.0 Å². The second kappa shape index (κ2) is 3.91. The van der Waals surface area contributed by atoms with Crippen LogP contribution in [0.3, 0.4) is 0 Å². The van der Waals surface area contributed by atoms with Crippen LogP contribution in [0, 0.1) is 0 Å². The van der Waals surface area contributed by atoms with Gasteiger partial charge in [0.1, 0.15) is 0 Å². The molecule has 1 N–H and O–H groups in total. The molecular weight excluding hydrogens is 200 g/mol. The first-order chi connectivity index (χ1) is 7.86. The normalized spacial score (nSPS) is 20.0. The Kier molecular flexibility index (Phi) is 2.40. The van der Waals surface area contributed by atoms with Gasteiger partial charge in [-0.15, -0.1) is 0 Å². The van der Waals surface area contributed by atoms with E-state index in [2.05, 4.69) is 23.5 Å². The minimum atomic E-state index is 0.284. The van der Waals surface area contributed by atoms with E-state index < -0.39 is 0 Å². The smallest absolute Gasteiger partial charge is 0.227 e. The number of carbonyl (C=O) groups is 1. The van der Waals surface area contributed by atoms with Crippen LogP contribution in [0.1, 0.15) is 24.0 Å². The highest BCUT2D eigenvalue weighted by atomic mass is 16.2. The van der Waals surface area contributed by atoms with Crippen LogP contribution < -0.4 is 10.2 Å². The topological polar surface area (TPSA) is 32.3 Å². The van der Waals surface area contributed by atoms with Crippen LogP contribution in [0.2, 0.25) is 0 Å². The van der Waals surface area contributed by atoms with Crippen LogP contribution in [-0.4, -0.2) is 19.0 Å². The first-order valence-electron chi connectivity index (χ1n) is 5.98. The Morgan fingerprint density at radius 1 is 1.25 bits per heavy atom. The molecule has 0 atom stereocenters. The Balaban J connectivity index is 2.03. The summed E-state index contributed by atoms with van der Waals surface area (Å²) in [6.07, 6.45) is 2.75. The zero-order valence-electron chi connectivity index (χ0n) is 9.33. The van der Waals surface area contributed by atoms with Crippen molar-refractivity contribution in [2.24, 2.45) is 0 Å². The van der Waals surface area contributed by atoms with E-state index in [1.165, 1.54) is 11.1 Å². The van der Waals surface area contributed by atoms with Crippen molar-refractivity contribution in [1.82, 2.24) is 5.32 Å². The van der Waals surface area contributed by atoms with Gasteiger partial charge in [0.05, 0.1) is 0 Å². The maximum absolute atomic E-state index is 11.8. The molecule has 2 aliphatic heterocycles. The number of anilines is 1. The lowest BCUT2D eigenvalue weighted by atomic mass is 9.98. The minimum absolute atomic E-state index is 0.284. The Bertz CT molecular complexity index is 428. The Morgan fingerprint density at radius 3 is 3.00 bits per heavy atom. The highest BCUT2D eigenvalue weighted by Gasteiger charge is 2.25. The molecule has 0 bridgehead atoms. The molecule has 1 aromatic carbocycles. The molecule has 3 heteroatoms. The van der Waals surface area contributed by atoms with Gasteiger partial charge in [0.25, 0.3) is 0 Å². The van der Waals surface area contributed by atoms with Gasteiger partial charge in [0.15, 0.2) is 0 Å². The Morgan fingerprint density at radius 2 is 2.19 bits per heavy atom. The van der Waals surface area contributed by atoms with E-state index in [1.807, 2.05) is 4.90 Å². The lowest BCUT2D eigenvalue weighted by Crippen LogP contribution is -2.29. The molecule has 0 aliphatic carbocycles. The number of carbonyl (C=O) groups excluding carboxylic acids is 1. The van der Waals surface area contributed by atoms with E-state index >= 15 is 0 Å². The third-order valence-electron chi connectivity index (χ3n) is 3.48. The van der Waals surface area contributed by atoms with Crippen LogP contribution >= 0.6 is 0 Å². The van der Waals surface area contributed by atoms with E-state index in [1.54, 1.807) is 0 Å². The van der Waals surface area contributed by atoms with Crippen molar-refractivity contribution in [3.05, 3.63) is 29.3 Å². The van der Waals surface area contributed by atoms with Crippen molar-refractivity contribution in [2.45, 2.75) is 25.8 Å². The first-order valence-corrected chi connectivity index (χ1v) is 5.98. The maximum atomic E-state index is 11.8. The standard InChI is InChI=1S/C13H16N2O/c16-13-5-2-8-15(13)12-4-1-3-10-9-14-7-6-11(10)12/h1,3-4,14H,2,5-9H2. The maximum Gasteiger partial charge on any atom is 0.227 e. The number of hydrogen-bond acceptors (Lipinski definition) is 2. The summed E-state index contributed by atoms with van der Waals surface area (Å²) in [7, 11) is 0. The molecule has 1 saturated heterocycles. The SMILES string of the molecule is O=C1CCCN1c1cccc2c1CCNC2. The fourth-order valence-corrected chi connectivity index (χ4v) is 2.67. The second-order valence-corrected chi connectivity index (χ2v) is 4.49. The summed E-state index contributed by atoms with van der Waals surface area (Å²) in [5.74, 6) is 0.284. The average molecular weight is 216 g/mol. The minimum Gasteiger partial charge on any atom is -0.312 e. The average Bonchev–Trinajstić information content (AvgIpc) is 2.75. The molecule has 16 heavy (non-hydrogen) atoms. The highest BCUT2D eigenvalue weighted by Crippen LogP contribution is 2.29. The van der Waals surface area contributed by atoms with Gasteiger partial charge in [-0.1, -0.05) is 12.1 Å². The fourth-order valence-electron chi connectivity index (χ4n) is 2.67. The monoisotopic (exact) mass is 216 g/mol. The molecule has 1 aromatic rings. The molecule has 0 saturated carbocycles. The molecule has 2 heterocycles. The number of rotatable bonds is 1. The molecule has 0 unspecified atom stereocenters. The van der Waals surface area contributed by atoms with E-state index in [-0.39, 0.29) is 5.91 Å². The molecular formula is C13H16N2O. The van der Waals surface area contributed by atoms with Crippen LogP contribution in [0.25, 0.3) is 0 Å². The third kappa shape index (κ3) is 1.52. The Hall–Kier alpha value is -1.35. The summed E-state index contributed by atoms with van der Waals surface area (Å²) in [6.45, 7) is 2.85. The van der Waals surface area contributed by atoms with Gasteiger partial charge in [-0.3, -0.25) is 4.79 Å². The zero-order valence-corrected chi connectivity index (χ0v) is 9.33. The summed E-state index contributed by atoms with van der Waals surface area (Å²) in [5.41, 5.74) is 3.88. The van der Waals surface area contributed by atoms with Gasteiger partial charge in [-0.05, 0) is 36.6 Å². The number of fused-ring (bicyclic) bond motifs is 1. The van der Waals surface area contributed by atoms with Crippen LogP contribution in [0.4, 0.5) is 5.69 Å². The summed E-state index contributed by atoms with van der Waals surface area (Å²) < 4.78 is 0. The van der Waals surface area contributed by atoms with Crippen molar-refractivity contribution in [3.63, 3.8) is 0 Å². The quantitative estimate of drug-likeness (QED) is 0.770. The largest absolute Gasteiger partial charge is 0.312 e.